The predicted molar refractivity (Wildman–Crippen MR) is 53.6 cm³/mol. The van der Waals surface area contributed by atoms with Gasteiger partial charge in [0.05, 0.1) is 12.7 Å². The van der Waals surface area contributed by atoms with Crippen LogP contribution in [0.15, 0.2) is 0 Å². The maximum Gasteiger partial charge on any atom is 0.138 e. The van der Waals surface area contributed by atoms with E-state index in [2.05, 4.69) is 23.6 Å². The molecule has 0 amide bonds. The third kappa shape index (κ3) is 2.29. The van der Waals surface area contributed by atoms with Crippen LogP contribution >= 0.6 is 0 Å². The molecule has 0 bridgehead atoms. The van der Waals surface area contributed by atoms with Gasteiger partial charge >= 0.3 is 0 Å². The van der Waals surface area contributed by atoms with Gasteiger partial charge in [0.1, 0.15) is 6.29 Å². The first-order chi connectivity index (χ1) is 6.20. The Kier molecular flexibility index (Phi) is 3.88. The van der Waals surface area contributed by atoms with Gasteiger partial charge in [-0.1, -0.05) is 13.3 Å². The van der Waals surface area contributed by atoms with Gasteiger partial charge in [0.25, 0.3) is 0 Å². The van der Waals surface area contributed by atoms with Crippen molar-refractivity contribution in [3.63, 3.8) is 0 Å². The van der Waals surface area contributed by atoms with E-state index in [1.54, 1.807) is 0 Å². The molecule has 3 heteroatoms. The smallest absolute Gasteiger partial charge is 0.138 e. The van der Waals surface area contributed by atoms with Crippen molar-refractivity contribution in [2.24, 2.45) is 0 Å². The highest BCUT2D eigenvalue weighted by atomic mass is 16.1. The molecule has 0 aromatic carbocycles. The molecule has 0 N–H and O–H groups in total. The van der Waals surface area contributed by atoms with Crippen LogP contribution in [0.4, 0.5) is 0 Å². The summed E-state index contributed by atoms with van der Waals surface area (Å²) >= 11 is 0. The Bertz CT molecular complexity index is 172. The number of carbonyl (C=O) groups excluding carboxylic acids is 1. The Morgan fingerprint density at radius 1 is 1.54 bits per heavy atom. The molecule has 1 aliphatic rings. The first kappa shape index (κ1) is 10.7. The average Bonchev–Trinajstić information content (AvgIpc) is 2.38. The number of carbonyl (C=O) groups is 1. The van der Waals surface area contributed by atoms with Gasteiger partial charge in [-0.25, -0.2) is 0 Å². The second kappa shape index (κ2) is 4.72. The van der Waals surface area contributed by atoms with E-state index >= 15 is 0 Å². The quantitative estimate of drug-likeness (QED) is 0.608. The van der Waals surface area contributed by atoms with Crippen LogP contribution in [0.5, 0.6) is 0 Å². The molecule has 0 aromatic heterocycles. The summed E-state index contributed by atoms with van der Waals surface area (Å²) in [5.41, 5.74) is 0. The lowest BCUT2D eigenvalue weighted by Gasteiger charge is -2.20. The van der Waals surface area contributed by atoms with E-state index in [0.717, 1.165) is 19.5 Å². The molecule has 1 rings (SSSR count). The van der Waals surface area contributed by atoms with Gasteiger partial charge in [-0.15, -0.1) is 0 Å². The molecule has 2 atom stereocenters. The topological polar surface area (TPSA) is 23.6 Å². The van der Waals surface area contributed by atoms with Gasteiger partial charge in [0, 0.05) is 6.04 Å². The third-order valence-corrected chi connectivity index (χ3v) is 2.92. The molecule has 1 fully saturated rings. The molecule has 1 aliphatic heterocycles. The largest absolute Gasteiger partial charge is 0.302 e. The second-order valence-corrected chi connectivity index (χ2v) is 3.93. The average molecular weight is 184 g/mol. The standard InChI is InChI=1S/C10H20N2O/c1-4-5-6-12-8-11(3)10(7-13)9(12)2/h7,9-10H,4-6,8H2,1-3H3. The summed E-state index contributed by atoms with van der Waals surface area (Å²) in [6, 6.07) is 0.478. The first-order valence-corrected chi connectivity index (χ1v) is 5.10. The minimum Gasteiger partial charge on any atom is -0.302 e. The van der Waals surface area contributed by atoms with Crippen LogP contribution in [-0.4, -0.2) is 48.4 Å². The number of rotatable bonds is 4. The number of nitrogens with zero attached hydrogens (tertiary/aromatic N) is 2. The van der Waals surface area contributed by atoms with Crippen LogP contribution in [-0.2, 0) is 4.79 Å². The van der Waals surface area contributed by atoms with Crippen molar-refractivity contribution in [3.8, 4) is 0 Å². The van der Waals surface area contributed by atoms with E-state index in [4.69, 9.17) is 0 Å². The molecule has 1 heterocycles. The highest BCUT2D eigenvalue weighted by Crippen LogP contribution is 2.17. The highest BCUT2D eigenvalue weighted by molar-refractivity contribution is 5.59. The lowest BCUT2D eigenvalue weighted by atomic mass is 10.1. The molecule has 76 valence electrons. The SMILES string of the molecule is CCCCN1CN(C)C(C=O)C1C. The Labute approximate surface area is 80.7 Å². The molecule has 0 saturated carbocycles. The fraction of sp³-hybridized carbons (Fsp3) is 0.900. The fourth-order valence-corrected chi connectivity index (χ4v) is 1.95. The summed E-state index contributed by atoms with van der Waals surface area (Å²) in [5.74, 6) is 0. The van der Waals surface area contributed by atoms with Gasteiger partial charge in [0.15, 0.2) is 0 Å². The number of likely N-dealkylation sites (N-methyl/N-ethyl adjacent to an activating group) is 1. The van der Waals surface area contributed by atoms with Crippen molar-refractivity contribution >= 4 is 6.29 Å². The van der Waals surface area contributed by atoms with E-state index in [9.17, 15) is 4.79 Å². The zero-order chi connectivity index (χ0) is 9.84. The summed E-state index contributed by atoms with van der Waals surface area (Å²) in [6.07, 6.45) is 3.51. The maximum absolute atomic E-state index is 10.8. The molecular formula is C10H20N2O. The normalized spacial score (nSPS) is 31.0. The van der Waals surface area contributed by atoms with Gasteiger partial charge in [-0.2, -0.15) is 0 Å². The zero-order valence-electron chi connectivity index (χ0n) is 8.86. The summed E-state index contributed by atoms with van der Waals surface area (Å²) in [7, 11) is 2.02. The molecule has 0 spiro atoms. The van der Waals surface area contributed by atoms with Crippen molar-refractivity contribution < 1.29 is 4.79 Å². The summed E-state index contributed by atoms with van der Waals surface area (Å²) in [5, 5.41) is 0. The van der Waals surface area contributed by atoms with Crippen molar-refractivity contribution in [1.29, 1.82) is 0 Å². The monoisotopic (exact) mass is 184 g/mol. The minimum atomic E-state index is 0.0943. The van der Waals surface area contributed by atoms with Crippen LogP contribution in [0.1, 0.15) is 26.7 Å². The highest BCUT2D eigenvalue weighted by Gasteiger charge is 2.33. The fourth-order valence-electron chi connectivity index (χ4n) is 1.95. The third-order valence-electron chi connectivity index (χ3n) is 2.92. The van der Waals surface area contributed by atoms with Crippen LogP contribution in [0.3, 0.4) is 0 Å². The first-order valence-electron chi connectivity index (χ1n) is 5.10. The molecule has 1 saturated heterocycles. The Balaban J connectivity index is 2.46. The van der Waals surface area contributed by atoms with Gasteiger partial charge in [-0.05, 0) is 26.9 Å². The lowest BCUT2D eigenvalue weighted by molar-refractivity contribution is -0.111. The number of hydrogen-bond acceptors (Lipinski definition) is 3. The Hall–Kier alpha value is -0.410. The Morgan fingerprint density at radius 3 is 2.69 bits per heavy atom. The maximum atomic E-state index is 10.8. The van der Waals surface area contributed by atoms with Crippen molar-refractivity contribution in [3.05, 3.63) is 0 Å². The molecule has 3 nitrogen and oxygen atoms in total. The molecule has 2 unspecified atom stereocenters. The van der Waals surface area contributed by atoms with E-state index in [1.165, 1.54) is 12.8 Å². The molecule has 0 radical (unpaired) electrons. The molecule has 13 heavy (non-hydrogen) atoms. The van der Waals surface area contributed by atoms with Crippen LogP contribution in [0, 0.1) is 0 Å². The van der Waals surface area contributed by atoms with Crippen LogP contribution in [0.25, 0.3) is 0 Å². The van der Waals surface area contributed by atoms with E-state index in [0.29, 0.717) is 6.04 Å². The number of aldehydes is 1. The van der Waals surface area contributed by atoms with E-state index in [1.807, 2.05) is 7.05 Å². The molecular weight excluding hydrogens is 164 g/mol. The van der Waals surface area contributed by atoms with Gasteiger partial charge < -0.3 is 4.79 Å². The van der Waals surface area contributed by atoms with E-state index < -0.39 is 0 Å². The Morgan fingerprint density at radius 2 is 2.23 bits per heavy atom. The zero-order valence-corrected chi connectivity index (χ0v) is 8.86. The lowest BCUT2D eigenvalue weighted by Crippen LogP contribution is -2.35. The number of unbranched alkanes of at least 4 members (excludes halogenated alkanes) is 1. The second-order valence-electron chi connectivity index (χ2n) is 3.93. The summed E-state index contributed by atoms with van der Waals surface area (Å²) in [4.78, 5) is 15.3. The van der Waals surface area contributed by atoms with Crippen molar-refractivity contribution in [2.75, 3.05) is 20.3 Å². The minimum absolute atomic E-state index is 0.0943. The molecule has 0 aliphatic carbocycles. The predicted octanol–water partition coefficient (Wildman–Crippen LogP) is 0.947. The van der Waals surface area contributed by atoms with Gasteiger partial charge in [-0.3, -0.25) is 9.80 Å². The van der Waals surface area contributed by atoms with E-state index in [-0.39, 0.29) is 6.04 Å². The summed E-state index contributed by atoms with van der Waals surface area (Å²) in [6.45, 7) is 6.39. The van der Waals surface area contributed by atoms with Crippen LogP contribution < -0.4 is 0 Å². The van der Waals surface area contributed by atoms with Gasteiger partial charge in [0.2, 0.25) is 0 Å². The van der Waals surface area contributed by atoms with Crippen LogP contribution in [0.2, 0.25) is 0 Å². The van der Waals surface area contributed by atoms with Crippen molar-refractivity contribution in [2.45, 2.75) is 38.8 Å². The number of hydrogen-bond donors (Lipinski definition) is 0. The molecule has 0 aromatic rings. The van der Waals surface area contributed by atoms with Crippen molar-refractivity contribution in [1.82, 2.24) is 9.80 Å². The summed E-state index contributed by atoms with van der Waals surface area (Å²) < 4.78 is 0.